The Morgan fingerprint density at radius 2 is 1.83 bits per heavy atom. The third kappa shape index (κ3) is 7.28. The summed E-state index contributed by atoms with van der Waals surface area (Å²) >= 11 is 1.51. The van der Waals surface area contributed by atoms with Gasteiger partial charge in [-0.3, -0.25) is 19.1 Å². The van der Waals surface area contributed by atoms with Crippen molar-refractivity contribution in [3.05, 3.63) is 47.0 Å². The lowest BCUT2D eigenvalue weighted by atomic mass is 9.93. The van der Waals surface area contributed by atoms with E-state index in [4.69, 9.17) is 19.4 Å². The molecule has 2 aromatic heterocycles. The molecule has 1 aliphatic heterocycles. The molecule has 5 unspecified atom stereocenters. The fraction of sp³-hybridized carbons (Fsp3) is 0.553. The molecule has 14 heteroatoms. The normalized spacial score (nSPS) is 27.4. The van der Waals surface area contributed by atoms with E-state index in [-0.39, 0.29) is 37.0 Å². The highest BCUT2D eigenvalue weighted by Crippen LogP contribution is 2.47. The number of rotatable bonds is 8. The average molecular weight is 750 g/mol. The van der Waals surface area contributed by atoms with Crippen LogP contribution in [0.5, 0.6) is 11.5 Å². The number of aryl methyl sites for hydroxylation is 1. The van der Waals surface area contributed by atoms with E-state index in [1.807, 2.05) is 42.7 Å². The third-order valence-electron chi connectivity index (χ3n) is 10.9. The van der Waals surface area contributed by atoms with Gasteiger partial charge in [-0.25, -0.2) is 18.4 Å². The first-order valence-corrected chi connectivity index (χ1v) is 20.8. The molecule has 3 saturated carbocycles. The SMILES string of the molecule is COc1ccc2c(OC3CC4C(=O)NCCCCC/C=C/C5CC5(C(=O)NS(=O)(=O)C5CC5)NC(=O)C4C3)cc(-c3nc(C(C)C)cs3)nc2c1C. The van der Waals surface area contributed by atoms with Crippen LogP contribution in [-0.2, 0) is 24.4 Å². The van der Waals surface area contributed by atoms with Crippen molar-refractivity contribution in [1.29, 1.82) is 0 Å². The van der Waals surface area contributed by atoms with Gasteiger partial charge in [-0.1, -0.05) is 32.4 Å². The van der Waals surface area contributed by atoms with E-state index in [0.29, 0.717) is 42.1 Å². The standard InChI is InChI=1S/C38H47N5O7S2/c1-21(2)30-20-51-36(41-30)29-18-32(26-13-14-31(49-4)22(3)33(26)40-29)50-24-16-27-28(17-24)35(45)42-38(37(46)43-52(47,48)25-11-12-25)19-23(38)10-8-6-5-7-9-15-39-34(27)44/h8,10,13-14,18,20-21,23-25,27-28H,5-7,9,11-12,15-17,19H2,1-4H3,(H,39,44)(H,42,45)(H,43,46)/b10-8+. The van der Waals surface area contributed by atoms with Crippen LogP contribution < -0.4 is 24.8 Å². The van der Waals surface area contributed by atoms with E-state index >= 15 is 0 Å². The number of sulfonamides is 1. The lowest BCUT2D eigenvalue weighted by molar-refractivity contribution is -0.136. The molecule has 3 heterocycles. The molecular formula is C38H47N5O7S2. The summed E-state index contributed by atoms with van der Waals surface area (Å²) in [7, 11) is -2.21. The number of thiazole rings is 1. The third-order valence-corrected chi connectivity index (χ3v) is 13.6. The number of carbonyl (C=O) groups excluding carboxylic acids is 3. The van der Waals surface area contributed by atoms with Crippen LogP contribution in [0.4, 0.5) is 0 Å². The first kappa shape index (κ1) is 36.3. The summed E-state index contributed by atoms with van der Waals surface area (Å²) in [6.45, 7) is 6.63. The molecule has 278 valence electrons. The molecule has 5 atom stereocenters. The summed E-state index contributed by atoms with van der Waals surface area (Å²) in [5.74, 6) is -1.75. The minimum atomic E-state index is -3.83. The van der Waals surface area contributed by atoms with Gasteiger partial charge in [0.2, 0.25) is 21.8 Å². The van der Waals surface area contributed by atoms with Crippen molar-refractivity contribution in [2.24, 2.45) is 17.8 Å². The second kappa shape index (κ2) is 14.4. The Labute approximate surface area is 308 Å². The number of carbonyl (C=O) groups is 3. The van der Waals surface area contributed by atoms with Crippen molar-refractivity contribution in [3.8, 4) is 22.2 Å². The van der Waals surface area contributed by atoms with Crippen LogP contribution in [0.1, 0.15) is 88.8 Å². The lowest BCUT2D eigenvalue weighted by Crippen LogP contribution is -2.54. The van der Waals surface area contributed by atoms with Crippen LogP contribution in [0.3, 0.4) is 0 Å². The van der Waals surface area contributed by atoms with Crippen molar-refractivity contribution in [2.75, 3.05) is 13.7 Å². The number of nitrogens with one attached hydrogen (secondary N) is 3. The minimum absolute atomic E-state index is 0.228. The summed E-state index contributed by atoms with van der Waals surface area (Å²) in [6, 6.07) is 5.65. The minimum Gasteiger partial charge on any atom is -0.496 e. The van der Waals surface area contributed by atoms with Crippen molar-refractivity contribution in [1.82, 2.24) is 25.3 Å². The van der Waals surface area contributed by atoms with Gasteiger partial charge in [-0.05, 0) is 76.3 Å². The topological polar surface area (TPSA) is 166 Å². The number of pyridine rings is 1. The molecule has 52 heavy (non-hydrogen) atoms. The van der Waals surface area contributed by atoms with Gasteiger partial charge in [0.1, 0.15) is 33.8 Å². The number of fused-ring (bicyclic) bond motifs is 3. The Morgan fingerprint density at radius 3 is 2.54 bits per heavy atom. The van der Waals surface area contributed by atoms with Crippen LogP contribution in [0.2, 0.25) is 0 Å². The zero-order chi connectivity index (χ0) is 36.8. The second-order valence-corrected chi connectivity index (χ2v) is 17.8. The Hall–Kier alpha value is -4.04. The monoisotopic (exact) mass is 749 g/mol. The van der Waals surface area contributed by atoms with Crippen LogP contribution in [0.15, 0.2) is 35.7 Å². The van der Waals surface area contributed by atoms with Crippen molar-refractivity contribution < 1.29 is 32.3 Å². The first-order valence-electron chi connectivity index (χ1n) is 18.3. The van der Waals surface area contributed by atoms with Crippen molar-refractivity contribution >= 4 is 50.0 Å². The summed E-state index contributed by atoms with van der Waals surface area (Å²) in [6.07, 6.45) is 8.65. The average Bonchev–Trinajstić information content (AvgIpc) is 3.98. The summed E-state index contributed by atoms with van der Waals surface area (Å²) in [5, 5.41) is 8.97. The van der Waals surface area contributed by atoms with Crippen molar-refractivity contribution in [3.63, 3.8) is 0 Å². The number of hydrogen-bond acceptors (Lipinski definition) is 10. The first-order chi connectivity index (χ1) is 24.9. The fourth-order valence-corrected chi connectivity index (χ4v) is 9.77. The van der Waals surface area contributed by atoms with Gasteiger partial charge in [0.25, 0.3) is 5.91 Å². The highest BCUT2D eigenvalue weighted by molar-refractivity contribution is 7.91. The quantitative estimate of drug-likeness (QED) is 0.259. The predicted molar refractivity (Wildman–Crippen MR) is 199 cm³/mol. The lowest BCUT2D eigenvalue weighted by Gasteiger charge is -2.23. The number of amides is 3. The van der Waals surface area contributed by atoms with E-state index in [9.17, 15) is 22.8 Å². The molecule has 4 aliphatic rings. The smallest absolute Gasteiger partial charge is 0.259 e. The van der Waals surface area contributed by atoms with Gasteiger partial charge >= 0.3 is 0 Å². The largest absolute Gasteiger partial charge is 0.496 e. The molecule has 3 N–H and O–H groups in total. The van der Waals surface area contributed by atoms with Crippen LogP contribution in [0.25, 0.3) is 21.6 Å². The van der Waals surface area contributed by atoms with E-state index < -0.39 is 50.6 Å². The summed E-state index contributed by atoms with van der Waals surface area (Å²) in [4.78, 5) is 51.4. The van der Waals surface area contributed by atoms with Gasteiger partial charge in [0, 0.05) is 34.9 Å². The van der Waals surface area contributed by atoms with Gasteiger partial charge in [-0.15, -0.1) is 11.3 Å². The predicted octanol–water partition coefficient (Wildman–Crippen LogP) is 5.30. The van der Waals surface area contributed by atoms with E-state index in [1.165, 1.54) is 11.3 Å². The highest BCUT2D eigenvalue weighted by Gasteiger charge is 2.62. The molecule has 0 bridgehead atoms. The Kier molecular flexibility index (Phi) is 10.1. The number of hydrogen-bond donors (Lipinski definition) is 3. The Morgan fingerprint density at radius 1 is 1.06 bits per heavy atom. The van der Waals surface area contributed by atoms with E-state index in [0.717, 1.165) is 47.3 Å². The van der Waals surface area contributed by atoms with Crippen LogP contribution >= 0.6 is 11.3 Å². The number of allylic oxidation sites excluding steroid dienone is 1. The van der Waals surface area contributed by atoms with Crippen molar-refractivity contribution in [2.45, 2.75) is 101 Å². The number of nitrogens with zero attached hydrogens (tertiary/aromatic N) is 2. The van der Waals surface area contributed by atoms with Gasteiger partial charge < -0.3 is 20.1 Å². The van der Waals surface area contributed by atoms with Crippen LogP contribution in [0, 0.1) is 24.7 Å². The molecule has 3 aromatic rings. The maximum atomic E-state index is 14.2. The van der Waals surface area contributed by atoms with Gasteiger partial charge in [0.15, 0.2) is 0 Å². The molecule has 3 amide bonds. The number of methoxy groups -OCH3 is 1. The van der Waals surface area contributed by atoms with Gasteiger partial charge in [0.05, 0.1) is 35.4 Å². The summed E-state index contributed by atoms with van der Waals surface area (Å²) in [5.41, 5.74) is 1.78. The van der Waals surface area contributed by atoms with E-state index in [1.54, 1.807) is 7.11 Å². The number of ether oxygens (including phenoxy) is 2. The van der Waals surface area contributed by atoms with Crippen LogP contribution in [-0.4, -0.2) is 66.7 Å². The second-order valence-electron chi connectivity index (χ2n) is 15.0. The molecule has 1 aromatic carbocycles. The zero-order valence-corrected chi connectivity index (χ0v) is 31.7. The molecule has 12 nitrogen and oxygen atoms in total. The molecule has 3 fully saturated rings. The maximum Gasteiger partial charge on any atom is 0.259 e. The molecular weight excluding hydrogens is 703 g/mol. The zero-order valence-electron chi connectivity index (χ0n) is 30.1. The Bertz CT molecular complexity index is 2020. The number of benzene rings is 1. The maximum absolute atomic E-state index is 14.2. The van der Waals surface area contributed by atoms with E-state index in [2.05, 4.69) is 29.2 Å². The fourth-order valence-electron chi connectivity index (χ4n) is 7.47. The molecule has 0 radical (unpaired) electrons. The molecule has 0 spiro atoms. The highest BCUT2D eigenvalue weighted by atomic mass is 32.2. The molecule has 0 saturated heterocycles. The molecule has 3 aliphatic carbocycles. The molecule has 7 rings (SSSR count). The Balaban J connectivity index is 1.20. The summed E-state index contributed by atoms with van der Waals surface area (Å²) < 4.78 is 40.2. The number of aromatic nitrogens is 2. The van der Waals surface area contributed by atoms with Gasteiger partial charge in [-0.2, -0.15) is 0 Å².